The standard InChI is InChI=1S/C18H25N5O/c1-12-8-13(2)10-15(9-12)14(3)20-18(24)19-11-17-22-21-16-6-4-5-7-23(16)17/h8-10,14H,4-7,11H2,1-3H3,(H2,19,20,24)/t14-/m1/s1. The second-order valence-corrected chi connectivity index (χ2v) is 6.61. The van der Waals surface area contributed by atoms with Crippen molar-refractivity contribution in [3.05, 3.63) is 46.5 Å². The van der Waals surface area contributed by atoms with Crippen molar-refractivity contribution in [1.29, 1.82) is 0 Å². The number of hydrogen-bond acceptors (Lipinski definition) is 3. The fraction of sp³-hybridized carbons (Fsp3) is 0.500. The van der Waals surface area contributed by atoms with Crippen LogP contribution >= 0.6 is 0 Å². The fourth-order valence-corrected chi connectivity index (χ4v) is 3.25. The molecule has 0 aliphatic carbocycles. The molecule has 1 aliphatic rings. The third-order valence-corrected chi connectivity index (χ3v) is 4.43. The maximum atomic E-state index is 12.2. The van der Waals surface area contributed by atoms with Crippen LogP contribution in [-0.4, -0.2) is 20.8 Å². The van der Waals surface area contributed by atoms with Gasteiger partial charge in [-0.1, -0.05) is 29.3 Å². The second kappa shape index (κ2) is 7.03. The number of hydrogen-bond donors (Lipinski definition) is 2. The maximum Gasteiger partial charge on any atom is 0.315 e. The summed E-state index contributed by atoms with van der Waals surface area (Å²) in [6, 6.07) is 6.11. The summed E-state index contributed by atoms with van der Waals surface area (Å²) < 4.78 is 2.12. The number of aromatic nitrogens is 3. The topological polar surface area (TPSA) is 71.8 Å². The molecule has 0 spiro atoms. The van der Waals surface area contributed by atoms with E-state index in [1.807, 2.05) is 6.92 Å². The number of urea groups is 1. The summed E-state index contributed by atoms with van der Waals surface area (Å²) >= 11 is 0. The van der Waals surface area contributed by atoms with Gasteiger partial charge in [0.25, 0.3) is 0 Å². The Balaban J connectivity index is 1.56. The highest BCUT2D eigenvalue weighted by Crippen LogP contribution is 2.17. The molecule has 6 nitrogen and oxygen atoms in total. The molecule has 0 fully saturated rings. The molecule has 0 bridgehead atoms. The average Bonchev–Trinajstić information content (AvgIpc) is 2.95. The van der Waals surface area contributed by atoms with Gasteiger partial charge < -0.3 is 15.2 Å². The van der Waals surface area contributed by atoms with Gasteiger partial charge in [-0.3, -0.25) is 0 Å². The lowest BCUT2D eigenvalue weighted by atomic mass is 10.0. The molecule has 0 unspecified atom stereocenters. The Kier molecular flexibility index (Phi) is 4.83. The van der Waals surface area contributed by atoms with Crippen LogP contribution in [0.1, 0.15) is 54.1 Å². The summed E-state index contributed by atoms with van der Waals surface area (Å²) in [5.74, 6) is 1.86. The highest BCUT2D eigenvalue weighted by atomic mass is 16.2. The number of benzene rings is 1. The lowest BCUT2D eigenvalue weighted by Gasteiger charge is -2.17. The van der Waals surface area contributed by atoms with Crippen molar-refractivity contribution in [2.24, 2.45) is 0 Å². The van der Waals surface area contributed by atoms with E-state index in [0.717, 1.165) is 36.6 Å². The summed E-state index contributed by atoms with van der Waals surface area (Å²) in [5.41, 5.74) is 3.52. The lowest BCUT2D eigenvalue weighted by Crippen LogP contribution is -2.37. The van der Waals surface area contributed by atoms with Gasteiger partial charge >= 0.3 is 6.03 Å². The first-order valence-corrected chi connectivity index (χ1v) is 8.56. The minimum atomic E-state index is -0.185. The van der Waals surface area contributed by atoms with E-state index in [0.29, 0.717) is 6.54 Å². The zero-order valence-electron chi connectivity index (χ0n) is 14.6. The van der Waals surface area contributed by atoms with Crippen LogP contribution in [-0.2, 0) is 19.5 Å². The predicted molar refractivity (Wildman–Crippen MR) is 92.7 cm³/mol. The molecule has 0 saturated carbocycles. The first kappa shape index (κ1) is 16.5. The molecule has 128 valence electrons. The molecule has 0 radical (unpaired) electrons. The van der Waals surface area contributed by atoms with E-state index in [1.54, 1.807) is 0 Å². The Morgan fingerprint density at radius 3 is 2.71 bits per heavy atom. The van der Waals surface area contributed by atoms with Crippen molar-refractivity contribution in [2.45, 2.75) is 59.2 Å². The SMILES string of the molecule is Cc1cc(C)cc([C@@H](C)NC(=O)NCc2nnc3n2CCCC3)c1. The number of nitrogens with one attached hydrogen (secondary N) is 2. The zero-order chi connectivity index (χ0) is 17.1. The first-order chi connectivity index (χ1) is 11.5. The first-order valence-electron chi connectivity index (χ1n) is 8.56. The maximum absolute atomic E-state index is 12.2. The molecule has 2 N–H and O–H groups in total. The van der Waals surface area contributed by atoms with Crippen LogP contribution in [0.3, 0.4) is 0 Å². The Hall–Kier alpha value is -2.37. The monoisotopic (exact) mass is 327 g/mol. The number of amides is 2. The van der Waals surface area contributed by atoms with E-state index in [1.165, 1.54) is 17.5 Å². The molecule has 2 amide bonds. The van der Waals surface area contributed by atoms with E-state index in [2.05, 4.69) is 57.4 Å². The molecule has 1 aliphatic heterocycles. The van der Waals surface area contributed by atoms with Gasteiger partial charge in [-0.2, -0.15) is 0 Å². The van der Waals surface area contributed by atoms with Crippen molar-refractivity contribution in [2.75, 3.05) is 0 Å². The van der Waals surface area contributed by atoms with Crippen LogP contribution < -0.4 is 10.6 Å². The number of fused-ring (bicyclic) bond motifs is 1. The van der Waals surface area contributed by atoms with Gasteiger partial charge in [-0.05, 0) is 39.2 Å². The van der Waals surface area contributed by atoms with Gasteiger partial charge in [0.2, 0.25) is 0 Å². The van der Waals surface area contributed by atoms with Crippen molar-refractivity contribution in [1.82, 2.24) is 25.4 Å². The number of rotatable bonds is 4. The molecule has 3 rings (SSSR count). The van der Waals surface area contributed by atoms with E-state index < -0.39 is 0 Å². The van der Waals surface area contributed by atoms with Crippen LogP contribution in [0, 0.1) is 13.8 Å². The summed E-state index contributed by atoms with van der Waals surface area (Å²) in [4.78, 5) is 12.2. The normalized spacial score (nSPS) is 14.8. The highest BCUT2D eigenvalue weighted by Gasteiger charge is 2.16. The molecular formula is C18H25N5O. The summed E-state index contributed by atoms with van der Waals surface area (Å²) in [7, 11) is 0. The van der Waals surface area contributed by atoms with Gasteiger partial charge in [0, 0.05) is 13.0 Å². The third kappa shape index (κ3) is 3.75. The van der Waals surface area contributed by atoms with Crippen molar-refractivity contribution >= 4 is 6.03 Å². The molecule has 2 aromatic rings. The molecule has 1 aromatic carbocycles. The van der Waals surface area contributed by atoms with Crippen molar-refractivity contribution in [3.63, 3.8) is 0 Å². The van der Waals surface area contributed by atoms with Crippen molar-refractivity contribution in [3.8, 4) is 0 Å². The van der Waals surface area contributed by atoms with Gasteiger partial charge in [-0.25, -0.2) is 4.79 Å². The third-order valence-electron chi connectivity index (χ3n) is 4.43. The minimum absolute atomic E-state index is 0.0454. The van der Waals surface area contributed by atoms with E-state index in [-0.39, 0.29) is 12.1 Å². The van der Waals surface area contributed by atoms with Gasteiger partial charge in [0.1, 0.15) is 5.82 Å². The number of aryl methyl sites for hydroxylation is 3. The second-order valence-electron chi connectivity index (χ2n) is 6.61. The molecule has 0 saturated heterocycles. The van der Waals surface area contributed by atoms with Gasteiger partial charge in [-0.15, -0.1) is 10.2 Å². The Morgan fingerprint density at radius 1 is 1.21 bits per heavy atom. The number of carbonyl (C=O) groups is 1. The summed E-state index contributed by atoms with van der Waals surface area (Å²) in [6.07, 6.45) is 3.29. The molecule has 1 atom stereocenters. The largest absolute Gasteiger partial charge is 0.332 e. The summed E-state index contributed by atoms with van der Waals surface area (Å²) in [6.45, 7) is 7.47. The highest BCUT2D eigenvalue weighted by molar-refractivity contribution is 5.74. The molecule has 2 heterocycles. The minimum Gasteiger partial charge on any atom is -0.332 e. The van der Waals surface area contributed by atoms with E-state index in [9.17, 15) is 4.79 Å². The molecule has 24 heavy (non-hydrogen) atoms. The van der Waals surface area contributed by atoms with Crippen LogP contribution in [0.2, 0.25) is 0 Å². The van der Waals surface area contributed by atoms with E-state index >= 15 is 0 Å². The van der Waals surface area contributed by atoms with Crippen LogP contribution in [0.5, 0.6) is 0 Å². The van der Waals surface area contributed by atoms with E-state index in [4.69, 9.17) is 0 Å². The van der Waals surface area contributed by atoms with Crippen LogP contribution in [0.15, 0.2) is 18.2 Å². The van der Waals surface area contributed by atoms with Crippen LogP contribution in [0.25, 0.3) is 0 Å². The molecular weight excluding hydrogens is 302 g/mol. The summed E-state index contributed by atoms with van der Waals surface area (Å²) in [5, 5.41) is 14.3. The average molecular weight is 327 g/mol. The Labute approximate surface area is 142 Å². The predicted octanol–water partition coefficient (Wildman–Crippen LogP) is 2.79. The smallest absolute Gasteiger partial charge is 0.315 e. The number of nitrogens with zero attached hydrogens (tertiary/aromatic N) is 3. The Morgan fingerprint density at radius 2 is 1.96 bits per heavy atom. The Bertz CT molecular complexity index is 717. The van der Waals surface area contributed by atoms with Crippen LogP contribution in [0.4, 0.5) is 4.79 Å². The number of carbonyl (C=O) groups excluding carboxylic acids is 1. The van der Waals surface area contributed by atoms with Gasteiger partial charge in [0.15, 0.2) is 5.82 Å². The molecule has 6 heteroatoms. The van der Waals surface area contributed by atoms with Gasteiger partial charge in [0.05, 0.1) is 12.6 Å². The molecule has 1 aromatic heterocycles. The van der Waals surface area contributed by atoms with Crippen molar-refractivity contribution < 1.29 is 4.79 Å². The fourth-order valence-electron chi connectivity index (χ4n) is 3.25. The lowest BCUT2D eigenvalue weighted by molar-refractivity contribution is 0.237. The quantitative estimate of drug-likeness (QED) is 0.907. The zero-order valence-corrected chi connectivity index (χ0v) is 14.6.